The first kappa shape index (κ1) is 9.39. The number of amides is 1. The van der Waals surface area contributed by atoms with Gasteiger partial charge in [0.1, 0.15) is 12.6 Å². The fourth-order valence-corrected chi connectivity index (χ4v) is 2.34. The maximum atomic E-state index is 11.7. The van der Waals surface area contributed by atoms with E-state index in [1.54, 1.807) is 0 Å². The molecule has 2 aliphatic rings. The van der Waals surface area contributed by atoms with Gasteiger partial charge in [0.2, 0.25) is 0 Å². The highest BCUT2D eigenvalue weighted by molar-refractivity contribution is 7.80. The number of carboxylic acids is 1. The summed E-state index contributed by atoms with van der Waals surface area (Å²) in [4.78, 5) is 25.2. The van der Waals surface area contributed by atoms with E-state index in [1.165, 1.54) is 4.90 Å². The van der Waals surface area contributed by atoms with Gasteiger partial charge in [0.25, 0.3) is 5.91 Å². The quantitative estimate of drug-likeness (QED) is 0.637. The molecule has 14 heavy (non-hydrogen) atoms. The first-order valence-electron chi connectivity index (χ1n) is 4.45. The van der Waals surface area contributed by atoms with Crippen molar-refractivity contribution in [1.29, 1.82) is 0 Å². The first-order valence-corrected chi connectivity index (χ1v) is 4.86. The number of hydrogen-bond acceptors (Lipinski definition) is 3. The van der Waals surface area contributed by atoms with Crippen molar-refractivity contribution in [2.45, 2.75) is 18.9 Å². The Morgan fingerprint density at radius 1 is 1.64 bits per heavy atom. The molecule has 2 saturated heterocycles. The van der Waals surface area contributed by atoms with Crippen molar-refractivity contribution in [2.24, 2.45) is 0 Å². The molecular formula is C8H10N2O3S. The number of thiocarbonyl (C=S) groups is 1. The summed E-state index contributed by atoms with van der Waals surface area (Å²) < 4.78 is 0. The molecule has 0 spiro atoms. The van der Waals surface area contributed by atoms with E-state index in [2.05, 4.69) is 0 Å². The Kier molecular flexibility index (Phi) is 2.14. The molecular weight excluding hydrogens is 204 g/mol. The second-order valence-corrected chi connectivity index (χ2v) is 3.82. The molecule has 2 heterocycles. The van der Waals surface area contributed by atoms with Gasteiger partial charge in [0, 0.05) is 6.54 Å². The smallest absolute Gasteiger partial charge is 0.323 e. The predicted molar refractivity (Wildman–Crippen MR) is 51.7 cm³/mol. The Morgan fingerprint density at radius 2 is 2.36 bits per heavy atom. The van der Waals surface area contributed by atoms with Crippen LogP contribution < -0.4 is 0 Å². The van der Waals surface area contributed by atoms with Crippen molar-refractivity contribution in [3.05, 3.63) is 0 Å². The highest BCUT2D eigenvalue weighted by Crippen LogP contribution is 2.27. The third-order valence-electron chi connectivity index (χ3n) is 2.57. The summed E-state index contributed by atoms with van der Waals surface area (Å²) >= 11 is 5.04. The van der Waals surface area contributed by atoms with Crippen molar-refractivity contribution < 1.29 is 14.7 Å². The number of carboxylic acid groups (broad SMARTS) is 1. The van der Waals surface area contributed by atoms with Gasteiger partial charge in [-0.25, -0.2) is 0 Å². The van der Waals surface area contributed by atoms with E-state index >= 15 is 0 Å². The number of carbonyl (C=O) groups excluding carboxylic acids is 1. The van der Waals surface area contributed by atoms with Crippen LogP contribution in [0.3, 0.4) is 0 Å². The molecule has 5 nitrogen and oxygen atoms in total. The Balaban J connectivity index is 2.17. The second-order valence-electron chi connectivity index (χ2n) is 3.45. The molecule has 0 bridgehead atoms. The zero-order valence-corrected chi connectivity index (χ0v) is 8.29. The second kappa shape index (κ2) is 3.20. The van der Waals surface area contributed by atoms with Gasteiger partial charge in [-0.15, -0.1) is 0 Å². The Labute approximate surface area is 86.3 Å². The lowest BCUT2D eigenvalue weighted by Crippen LogP contribution is -2.37. The molecule has 2 fully saturated rings. The lowest BCUT2D eigenvalue weighted by atomic mass is 10.2. The summed E-state index contributed by atoms with van der Waals surface area (Å²) in [6, 6.07) is -0.193. The number of nitrogens with zero attached hydrogens (tertiary/aromatic N) is 2. The summed E-state index contributed by atoms with van der Waals surface area (Å²) in [5.74, 6) is -1.18. The average Bonchev–Trinajstić information content (AvgIpc) is 2.65. The fourth-order valence-electron chi connectivity index (χ4n) is 1.96. The molecule has 76 valence electrons. The third-order valence-corrected chi connectivity index (χ3v) is 3.03. The number of aliphatic carboxylic acids is 1. The van der Waals surface area contributed by atoms with Crippen LogP contribution in [-0.2, 0) is 9.59 Å². The third kappa shape index (κ3) is 1.26. The van der Waals surface area contributed by atoms with Gasteiger partial charge in [0.05, 0.1) is 0 Å². The average molecular weight is 214 g/mol. The fraction of sp³-hybridized carbons (Fsp3) is 0.625. The van der Waals surface area contributed by atoms with Gasteiger partial charge in [-0.2, -0.15) is 0 Å². The predicted octanol–water partition coefficient (Wildman–Crippen LogP) is -0.337. The number of rotatable bonds is 2. The number of fused-ring (bicyclic) bond motifs is 1. The van der Waals surface area contributed by atoms with Crippen molar-refractivity contribution in [2.75, 3.05) is 13.1 Å². The van der Waals surface area contributed by atoms with Gasteiger partial charge in [-0.05, 0) is 25.1 Å². The summed E-state index contributed by atoms with van der Waals surface area (Å²) in [7, 11) is 0. The Bertz CT molecular complexity index is 296. The van der Waals surface area contributed by atoms with Crippen LogP contribution in [0.15, 0.2) is 0 Å². The standard InChI is InChI=1S/C8H10N2O3S/c11-6(12)4-10-7(13)5-2-1-3-9(5)8(10)14/h5H,1-4H2,(H,11,12). The highest BCUT2D eigenvalue weighted by atomic mass is 32.1. The van der Waals surface area contributed by atoms with Crippen molar-refractivity contribution in [3.63, 3.8) is 0 Å². The van der Waals surface area contributed by atoms with Gasteiger partial charge in [-0.3, -0.25) is 14.5 Å². The summed E-state index contributed by atoms with van der Waals surface area (Å²) in [5.41, 5.74) is 0. The van der Waals surface area contributed by atoms with Gasteiger partial charge >= 0.3 is 5.97 Å². The summed E-state index contributed by atoms with van der Waals surface area (Å²) in [6.07, 6.45) is 1.74. The van der Waals surface area contributed by atoms with E-state index in [1.807, 2.05) is 4.90 Å². The van der Waals surface area contributed by atoms with Gasteiger partial charge < -0.3 is 10.0 Å². The van der Waals surface area contributed by atoms with Crippen molar-refractivity contribution in [3.8, 4) is 0 Å². The molecule has 2 aliphatic heterocycles. The molecule has 1 N–H and O–H groups in total. The molecule has 0 aromatic heterocycles. The summed E-state index contributed by atoms with van der Waals surface area (Å²) in [6.45, 7) is 0.454. The van der Waals surface area contributed by atoms with Crippen LogP contribution in [0.5, 0.6) is 0 Å². The van der Waals surface area contributed by atoms with E-state index < -0.39 is 5.97 Å². The first-order chi connectivity index (χ1) is 6.61. The largest absolute Gasteiger partial charge is 0.480 e. The molecule has 0 saturated carbocycles. The normalized spacial score (nSPS) is 25.9. The molecule has 1 atom stereocenters. The van der Waals surface area contributed by atoms with Crippen molar-refractivity contribution >= 4 is 29.2 Å². The molecule has 2 rings (SSSR count). The molecule has 0 radical (unpaired) electrons. The van der Waals surface area contributed by atoms with Crippen LogP contribution in [-0.4, -0.2) is 51.0 Å². The van der Waals surface area contributed by atoms with Crippen LogP contribution in [0.25, 0.3) is 0 Å². The monoisotopic (exact) mass is 214 g/mol. The topological polar surface area (TPSA) is 60.9 Å². The van der Waals surface area contributed by atoms with E-state index in [0.29, 0.717) is 5.11 Å². The molecule has 1 unspecified atom stereocenters. The SMILES string of the molecule is O=C(O)CN1C(=O)C2CCCN2C1=S. The van der Waals surface area contributed by atoms with E-state index in [-0.39, 0.29) is 18.5 Å². The maximum absolute atomic E-state index is 11.7. The molecule has 1 amide bonds. The molecule has 6 heteroatoms. The van der Waals surface area contributed by atoms with Crippen LogP contribution >= 0.6 is 12.2 Å². The van der Waals surface area contributed by atoms with Crippen LogP contribution in [0.4, 0.5) is 0 Å². The molecule has 0 aromatic carbocycles. The minimum absolute atomic E-state index is 0.157. The minimum atomic E-state index is -1.03. The Hall–Kier alpha value is -1.17. The molecule has 0 aliphatic carbocycles. The van der Waals surface area contributed by atoms with Gasteiger partial charge in [0.15, 0.2) is 5.11 Å². The lowest BCUT2D eigenvalue weighted by Gasteiger charge is -2.16. The van der Waals surface area contributed by atoms with Crippen LogP contribution in [0.1, 0.15) is 12.8 Å². The van der Waals surface area contributed by atoms with Crippen LogP contribution in [0.2, 0.25) is 0 Å². The minimum Gasteiger partial charge on any atom is -0.480 e. The van der Waals surface area contributed by atoms with Gasteiger partial charge in [-0.1, -0.05) is 0 Å². The number of carbonyl (C=O) groups is 2. The van der Waals surface area contributed by atoms with Crippen molar-refractivity contribution in [1.82, 2.24) is 9.80 Å². The van der Waals surface area contributed by atoms with E-state index in [4.69, 9.17) is 17.3 Å². The zero-order chi connectivity index (χ0) is 10.3. The summed E-state index contributed by atoms with van der Waals surface area (Å²) in [5, 5.41) is 8.98. The number of hydrogen-bond donors (Lipinski definition) is 1. The maximum Gasteiger partial charge on any atom is 0.323 e. The highest BCUT2D eigenvalue weighted by Gasteiger charge is 2.45. The zero-order valence-electron chi connectivity index (χ0n) is 7.47. The Morgan fingerprint density at radius 3 is 2.93 bits per heavy atom. The van der Waals surface area contributed by atoms with E-state index in [0.717, 1.165) is 19.4 Å². The molecule has 0 aromatic rings. The lowest BCUT2D eigenvalue weighted by molar-refractivity contribution is -0.141. The van der Waals surface area contributed by atoms with E-state index in [9.17, 15) is 9.59 Å². The van der Waals surface area contributed by atoms with Crippen LogP contribution in [0, 0.1) is 0 Å².